The normalized spacial score (nSPS) is 17.0. The van der Waals surface area contributed by atoms with Crippen molar-refractivity contribution in [2.24, 2.45) is 0 Å². The third-order valence-corrected chi connectivity index (χ3v) is 5.69. The number of rotatable bonds is 5. The molecule has 1 fully saturated rings. The molecule has 0 amide bonds. The van der Waals surface area contributed by atoms with Crippen molar-refractivity contribution < 1.29 is 9.15 Å². The molecule has 5 rings (SSSR count). The van der Waals surface area contributed by atoms with Crippen LogP contribution in [0.4, 0.5) is 0 Å². The molecule has 0 saturated carbocycles. The predicted octanol–water partition coefficient (Wildman–Crippen LogP) is 3.28. The first-order chi connectivity index (χ1) is 15.5. The van der Waals surface area contributed by atoms with Crippen molar-refractivity contribution in [2.75, 3.05) is 20.1 Å². The van der Waals surface area contributed by atoms with Gasteiger partial charge in [0.05, 0.1) is 18.9 Å². The predicted molar refractivity (Wildman–Crippen MR) is 121 cm³/mol. The SMILES string of the molecule is Cc1ccc2oc(=O)n(Cc3cccc(-c4ncc(OC5CCCN(C)C5)cn4)c3)c2n1. The highest BCUT2D eigenvalue weighted by Crippen LogP contribution is 2.21. The Balaban J connectivity index is 1.35. The summed E-state index contributed by atoms with van der Waals surface area (Å²) in [6, 6.07) is 11.4. The average molecular weight is 431 g/mol. The number of pyridine rings is 1. The second-order valence-corrected chi connectivity index (χ2v) is 8.32. The summed E-state index contributed by atoms with van der Waals surface area (Å²) in [7, 11) is 2.11. The highest BCUT2D eigenvalue weighted by atomic mass is 16.5. The lowest BCUT2D eigenvalue weighted by atomic mass is 10.1. The standard InChI is InChI=1S/C24H25N5O3/c1-16-8-9-21-23(27-16)29(24(30)32-21)14-17-5-3-6-18(11-17)22-25-12-20(13-26-22)31-19-7-4-10-28(2)15-19/h3,5-6,8-9,11-13,19H,4,7,10,14-15H2,1-2H3. The lowest BCUT2D eigenvalue weighted by Crippen LogP contribution is -2.38. The number of oxazole rings is 1. The number of hydrogen-bond acceptors (Lipinski definition) is 7. The van der Waals surface area contributed by atoms with Crippen molar-refractivity contribution in [1.29, 1.82) is 0 Å². The molecule has 1 aliphatic heterocycles. The third kappa shape index (κ3) is 4.27. The monoisotopic (exact) mass is 431 g/mol. The van der Waals surface area contributed by atoms with Gasteiger partial charge in [-0.1, -0.05) is 18.2 Å². The zero-order chi connectivity index (χ0) is 22.1. The Kier molecular flexibility index (Phi) is 5.45. The first kappa shape index (κ1) is 20.4. The molecule has 0 N–H and O–H groups in total. The van der Waals surface area contributed by atoms with Crippen LogP contribution >= 0.6 is 0 Å². The molecule has 4 aromatic rings. The van der Waals surface area contributed by atoms with Gasteiger partial charge >= 0.3 is 5.76 Å². The lowest BCUT2D eigenvalue weighted by Gasteiger charge is -2.29. The number of hydrogen-bond donors (Lipinski definition) is 0. The van der Waals surface area contributed by atoms with Crippen LogP contribution in [0.15, 0.2) is 58.0 Å². The molecule has 1 aliphatic rings. The van der Waals surface area contributed by atoms with Gasteiger partial charge in [-0.2, -0.15) is 0 Å². The van der Waals surface area contributed by atoms with E-state index >= 15 is 0 Å². The van der Waals surface area contributed by atoms with Crippen LogP contribution in [0, 0.1) is 6.92 Å². The molecular weight excluding hydrogens is 406 g/mol. The van der Waals surface area contributed by atoms with Crippen molar-refractivity contribution in [3.05, 3.63) is 70.6 Å². The van der Waals surface area contributed by atoms with E-state index in [4.69, 9.17) is 9.15 Å². The minimum absolute atomic E-state index is 0.173. The van der Waals surface area contributed by atoms with Crippen LogP contribution in [-0.4, -0.2) is 50.7 Å². The van der Waals surface area contributed by atoms with Gasteiger partial charge in [0.2, 0.25) is 0 Å². The second kappa shape index (κ2) is 8.55. The van der Waals surface area contributed by atoms with E-state index in [1.165, 1.54) is 0 Å². The van der Waals surface area contributed by atoms with E-state index < -0.39 is 5.76 Å². The fourth-order valence-corrected chi connectivity index (χ4v) is 4.10. The van der Waals surface area contributed by atoms with Crippen molar-refractivity contribution in [1.82, 2.24) is 24.4 Å². The summed E-state index contributed by atoms with van der Waals surface area (Å²) in [6.45, 7) is 4.27. The number of aromatic nitrogens is 4. The second-order valence-electron chi connectivity index (χ2n) is 8.32. The first-order valence-electron chi connectivity index (χ1n) is 10.8. The van der Waals surface area contributed by atoms with E-state index in [2.05, 4.69) is 26.9 Å². The number of fused-ring (bicyclic) bond motifs is 1. The number of likely N-dealkylation sites (tertiary alicyclic amines) is 1. The van der Waals surface area contributed by atoms with Gasteiger partial charge < -0.3 is 14.1 Å². The van der Waals surface area contributed by atoms with Crippen molar-refractivity contribution in [2.45, 2.75) is 32.4 Å². The van der Waals surface area contributed by atoms with Crippen LogP contribution in [0.3, 0.4) is 0 Å². The van der Waals surface area contributed by atoms with Crippen molar-refractivity contribution in [3.63, 3.8) is 0 Å². The molecule has 32 heavy (non-hydrogen) atoms. The Morgan fingerprint density at radius 1 is 1.19 bits per heavy atom. The molecule has 3 aromatic heterocycles. The number of ether oxygens (including phenoxy) is 1. The van der Waals surface area contributed by atoms with Gasteiger partial charge in [0, 0.05) is 17.8 Å². The molecule has 0 aliphatic carbocycles. The highest BCUT2D eigenvalue weighted by molar-refractivity contribution is 5.68. The van der Waals surface area contributed by atoms with E-state index in [9.17, 15) is 4.79 Å². The van der Waals surface area contributed by atoms with E-state index in [1.54, 1.807) is 23.0 Å². The van der Waals surface area contributed by atoms with Crippen LogP contribution in [0.25, 0.3) is 22.6 Å². The van der Waals surface area contributed by atoms with E-state index in [0.717, 1.165) is 42.8 Å². The van der Waals surface area contributed by atoms with Crippen LogP contribution in [0.2, 0.25) is 0 Å². The van der Waals surface area contributed by atoms with Crippen molar-refractivity contribution in [3.8, 4) is 17.1 Å². The molecule has 8 heteroatoms. The van der Waals surface area contributed by atoms with E-state index in [-0.39, 0.29) is 6.10 Å². The Bertz CT molecular complexity index is 1300. The number of aryl methyl sites for hydroxylation is 1. The largest absolute Gasteiger partial charge is 0.486 e. The van der Waals surface area contributed by atoms with Gasteiger partial charge in [-0.05, 0) is 57.1 Å². The number of piperidine rings is 1. The average Bonchev–Trinajstić information content (AvgIpc) is 3.09. The summed E-state index contributed by atoms with van der Waals surface area (Å²) in [5.41, 5.74) is 3.67. The maximum absolute atomic E-state index is 12.3. The summed E-state index contributed by atoms with van der Waals surface area (Å²) >= 11 is 0. The van der Waals surface area contributed by atoms with Crippen molar-refractivity contribution >= 4 is 11.2 Å². The first-order valence-corrected chi connectivity index (χ1v) is 10.8. The summed E-state index contributed by atoms with van der Waals surface area (Å²) in [5.74, 6) is 0.871. The summed E-state index contributed by atoms with van der Waals surface area (Å²) in [5, 5.41) is 0. The molecule has 1 unspecified atom stereocenters. The van der Waals surface area contributed by atoms with Gasteiger partial charge in [0.25, 0.3) is 0 Å². The topological polar surface area (TPSA) is 86.3 Å². The minimum atomic E-state index is -0.422. The maximum atomic E-state index is 12.3. The van der Waals surface area contributed by atoms with Gasteiger partial charge in [0.15, 0.2) is 22.8 Å². The Hall–Kier alpha value is -3.52. The maximum Gasteiger partial charge on any atom is 0.421 e. The van der Waals surface area contributed by atoms with Gasteiger partial charge in [-0.25, -0.2) is 19.7 Å². The fraction of sp³-hybridized carbons (Fsp3) is 0.333. The quantitative estimate of drug-likeness (QED) is 0.479. The van der Waals surface area contributed by atoms with Crippen LogP contribution in [0.1, 0.15) is 24.1 Å². The molecular formula is C24H25N5O3. The van der Waals surface area contributed by atoms with Gasteiger partial charge in [-0.3, -0.25) is 4.57 Å². The molecule has 4 heterocycles. The smallest absolute Gasteiger partial charge is 0.421 e. The summed E-state index contributed by atoms with van der Waals surface area (Å²) in [4.78, 5) is 28.1. The molecule has 164 valence electrons. The zero-order valence-electron chi connectivity index (χ0n) is 18.2. The molecule has 1 saturated heterocycles. The summed E-state index contributed by atoms with van der Waals surface area (Å²) in [6.07, 6.45) is 5.81. The lowest BCUT2D eigenvalue weighted by molar-refractivity contribution is 0.103. The molecule has 8 nitrogen and oxygen atoms in total. The fourth-order valence-electron chi connectivity index (χ4n) is 4.10. The molecule has 0 spiro atoms. The minimum Gasteiger partial charge on any atom is -0.486 e. The molecule has 1 aromatic carbocycles. The molecule has 0 radical (unpaired) electrons. The Morgan fingerprint density at radius 3 is 2.84 bits per heavy atom. The van der Waals surface area contributed by atoms with Crippen LogP contribution < -0.4 is 10.5 Å². The van der Waals surface area contributed by atoms with Gasteiger partial charge in [-0.15, -0.1) is 0 Å². The number of benzene rings is 1. The van der Waals surface area contributed by atoms with E-state index in [0.29, 0.717) is 29.3 Å². The van der Waals surface area contributed by atoms with Crippen LogP contribution in [-0.2, 0) is 6.54 Å². The molecule has 1 atom stereocenters. The highest BCUT2D eigenvalue weighted by Gasteiger charge is 2.19. The zero-order valence-corrected chi connectivity index (χ0v) is 18.2. The van der Waals surface area contributed by atoms with Gasteiger partial charge in [0.1, 0.15) is 6.10 Å². The molecule has 0 bridgehead atoms. The number of likely N-dealkylation sites (N-methyl/N-ethyl adjacent to an activating group) is 1. The Labute approximate surface area is 185 Å². The Morgan fingerprint density at radius 2 is 2.03 bits per heavy atom. The third-order valence-electron chi connectivity index (χ3n) is 5.69. The van der Waals surface area contributed by atoms with E-state index in [1.807, 2.05) is 37.3 Å². The van der Waals surface area contributed by atoms with Crippen LogP contribution in [0.5, 0.6) is 5.75 Å². The number of nitrogens with zero attached hydrogens (tertiary/aromatic N) is 5. The summed E-state index contributed by atoms with van der Waals surface area (Å²) < 4.78 is 12.9.